The molecule has 0 aliphatic rings. The molecule has 28 heavy (non-hydrogen) atoms. The molecule has 0 saturated carbocycles. The zero-order valence-corrected chi connectivity index (χ0v) is 14.1. The molecule has 0 amide bonds. The smallest absolute Gasteiger partial charge is 0.507 e. The Kier molecular flexibility index (Phi) is 7.48. The predicted molar refractivity (Wildman–Crippen MR) is 90.5 cm³/mol. The van der Waals surface area contributed by atoms with Gasteiger partial charge in [-0.1, -0.05) is 36.4 Å². The molecular formula is C18H13BF5NO3. The molecule has 146 valence electrons. The van der Waals surface area contributed by atoms with E-state index in [0.717, 1.165) is 12.1 Å². The first kappa shape index (κ1) is 21.3. The summed E-state index contributed by atoms with van der Waals surface area (Å²) in [5.41, 5.74) is 2.43. The van der Waals surface area contributed by atoms with Crippen molar-refractivity contribution in [2.45, 2.75) is 6.42 Å². The van der Waals surface area contributed by atoms with Crippen LogP contribution in [0.25, 0.3) is 0 Å². The van der Waals surface area contributed by atoms with Crippen LogP contribution in [0.4, 0.5) is 22.0 Å². The summed E-state index contributed by atoms with van der Waals surface area (Å²) < 4.78 is 66.3. The second-order valence-electron chi connectivity index (χ2n) is 5.33. The molecule has 10 heteroatoms. The van der Waals surface area contributed by atoms with Crippen LogP contribution in [0.15, 0.2) is 54.7 Å². The number of rotatable bonds is 4. The summed E-state index contributed by atoms with van der Waals surface area (Å²) in [5.74, 6) is -13.1. The van der Waals surface area contributed by atoms with Gasteiger partial charge in [-0.25, -0.2) is 13.2 Å². The zero-order chi connectivity index (χ0) is 20.7. The van der Waals surface area contributed by atoms with E-state index >= 15 is 0 Å². The number of benzene rings is 2. The van der Waals surface area contributed by atoms with Crippen molar-refractivity contribution in [1.29, 1.82) is 0 Å². The standard InChI is InChI=1S/C12H11N.C6H2BF5O3/c1-2-6-11(7-3-1)10-12-8-4-5-9-13-12;8-1-2(9)4(11)6(15-7(13)14)5(12)3(1)10/h1-9H,10H2;13-14H. The third-order valence-corrected chi connectivity index (χ3v) is 3.35. The summed E-state index contributed by atoms with van der Waals surface area (Å²) in [7, 11) is -2.70. The molecule has 0 unspecified atom stereocenters. The van der Waals surface area contributed by atoms with Crippen molar-refractivity contribution in [2.75, 3.05) is 0 Å². The van der Waals surface area contributed by atoms with E-state index in [4.69, 9.17) is 10.0 Å². The molecule has 0 spiro atoms. The van der Waals surface area contributed by atoms with E-state index in [1.807, 2.05) is 30.5 Å². The Balaban J connectivity index is 0.000000202. The molecule has 3 rings (SSSR count). The fourth-order valence-electron chi connectivity index (χ4n) is 2.10. The lowest BCUT2D eigenvalue weighted by Crippen LogP contribution is -2.23. The first-order valence-electron chi connectivity index (χ1n) is 7.79. The van der Waals surface area contributed by atoms with Gasteiger partial charge in [0.15, 0.2) is 5.75 Å². The van der Waals surface area contributed by atoms with Crippen molar-refractivity contribution in [3.05, 3.63) is 95.1 Å². The van der Waals surface area contributed by atoms with Crippen LogP contribution in [0.1, 0.15) is 11.3 Å². The number of hydrogen-bond donors (Lipinski definition) is 2. The molecule has 1 heterocycles. The number of aromatic nitrogens is 1. The quantitative estimate of drug-likeness (QED) is 0.307. The van der Waals surface area contributed by atoms with Gasteiger partial charge in [-0.15, -0.1) is 0 Å². The van der Waals surface area contributed by atoms with Crippen LogP contribution in [-0.4, -0.2) is 22.4 Å². The normalized spacial score (nSPS) is 10.1. The molecule has 0 saturated heterocycles. The highest BCUT2D eigenvalue weighted by atomic mass is 19.2. The largest absolute Gasteiger partial charge is 0.707 e. The Hall–Kier alpha value is -2.98. The third-order valence-electron chi connectivity index (χ3n) is 3.35. The van der Waals surface area contributed by atoms with Gasteiger partial charge in [0.25, 0.3) is 0 Å². The van der Waals surface area contributed by atoms with Gasteiger partial charge in [-0.3, -0.25) is 4.98 Å². The molecule has 0 radical (unpaired) electrons. The molecule has 2 aromatic carbocycles. The lowest BCUT2D eigenvalue weighted by molar-refractivity contribution is 0.263. The van der Waals surface area contributed by atoms with E-state index < -0.39 is 42.2 Å². The van der Waals surface area contributed by atoms with E-state index in [1.54, 1.807) is 0 Å². The maximum Gasteiger partial charge on any atom is 0.707 e. The van der Waals surface area contributed by atoms with Crippen molar-refractivity contribution < 1.29 is 36.7 Å². The number of hydrogen-bond acceptors (Lipinski definition) is 4. The summed E-state index contributed by atoms with van der Waals surface area (Å²) in [6, 6.07) is 16.4. The van der Waals surface area contributed by atoms with Gasteiger partial charge in [0, 0.05) is 18.3 Å². The zero-order valence-electron chi connectivity index (χ0n) is 14.1. The third kappa shape index (κ3) is 5.51. The minimum absolute atomic E-state index is 0.918. The highest BCUT2D eigenvalue weighted by Gasteiger charge is 2.29. The Morgan fingerprint density at radius 1 is 0.750 bits per heavy atom. The molecule has 3 aromatic rings. The summed E-state index contributed by atoms with van der Waals surface area (Å²) in [4.78, 5) is 4.27. The Morgan fingerprint density at radius 2 is 1.29 bits per heavy atom. The van der Waals surface area contributed by atoms with E-state index in [9.17, 15) is 22.0 Å². The minimum Gasteiger partial charge on any atom is -0.507 e. The van der Waals surface area contributed by atoms with Crippen molar-refractivity contribution in [2.24, 2.45) is 0 Å². The topological polar surface area (TPSA) is 62.6 Å². The molecule has 1 aromatic heterocycles. The fraction of sp³-hybridized carbons (Fsp3) is 0.0556. The van der Waals surface area contributed by atoms with E-state index in [-0.39, 0.29) is 0 Å². The molecule has 0 atom stereocenters. The van der Waals surface area contributed by atoms with E-state index in [1.165, 1.54) is 5.56 Å². The highest BCUT2D eigenvalue weighted by molar-refractivity contribution is 6.33. The Morgan fingerprint density at radius 3 is 1.79 bits per heavy atom. The second-order valence-corrected chi connectivity index (χ2v) is 5.33. The van der Waals surface area contributed by atoms with Crippen molar-refractivity contribution in [3.63, 3.8) is 0 Å². The van der Waals surface area contributed by atoms with Crippen LogP contribution in [0.2, 0.25) is 0 Å². The lowest BCUT2D eigenvalue weighted by atomic mass is 10.1. The fourth-order valence-corrected chi connectivity index (χ4v) is 2.10. The molecule has 2 N–H and O–H groups in total. The summed E-state index contributed by atoms with van der Waals surface area (Å²) in [5, 5.41) is 16.3. The summed E-state index contributed by atoms with van der Waals surface area (Å²) in [6.45, 7) is 0. The second kappa shape index (κ2) is 9.81. The predicted octanol–water partition coefficient (Wildman–Crippen LogP) is 3.40. The number of halogens is 5. The van der Waals surface area contributed by atoms with Crippen molar-refractivity contribution in [1.82, 2.24) is 4.98 Å². The molecule has 0 bridgehead atoms. The van der Waals surface area contributed by atoms with Gasteiger partial charge in [-0.05, 0) is 17.7 Å². The first-order chi connectivity index (χ1) is 13.3. The lowest BCUT2D eigenvalue weighted by Gasteiger charge is -2.08. The summed E-state index contributed by atoms with van der Waals surface area (Å²) >= 11 is 0. The van der Waals surface area contributed by atoms with E-state index in [2.05, 4.69) is 33.9 Å². The van der Waals surface area contributed by atoms with Crippen LogP contribution in [0, 0.1) is 29.1 Å². The highest BCUT2D eigenvalue weighted by Crippen LogP contribution is 2.29. The Bertz CT molecular complexity index is 848. The van der Waals surface area contributed by atoms with Gasteiger partial charge in [0.05, 0.1) is 0 Å². The minimum atomic E-state index is -2.70. The molecule has 0 fully saturated rings. The number of pyridine rings is 1. The van der Waals surface area contributed by atoms with Gasteiger partial charge in [0.2, 0.25) is 29.1 Å². The SMILES string of the molecule is OB(O)Oc1c(F)c(F)c(F)c(F)c1F.c1ccc(Cc2ccccn2)cc1. The average Bonchev–Trinajstić information content (AvgIpc) is 2.70. The van der Waals surface area contributed by atoms with Gasteiger partial charge in [-0.2, -0.15) is 8.78 Å². The first-order valence-corrected chi connectivity index (χ1v) is 7.79. The maximum absolute atomic E-state index is 12.7. The van der Waals surface area contributed by atoms with Crippen LogP contribution in [0.5, 0.6) is 5.75 Å². The van der Waals surface area contributed by atoms with Crippen LogP contribution >= 0.6 is 0 Å². The van der Waals surface area contributed by atoms with Gasteiger partial charge < -0.3 is 14.7 Å². The van der Waals surface area contributed by atoms with Crippen molar-refractivity contribution in [3.8, 4) is 5.75 Å². The molecular weight excluding hydrogens is 384 g/mol. The van der Waals surface area contributed by atoms with Crippen LogP contribution < -0.4 is 4.65 Å². The maximum atomic E-state index is 12.7. The summed E-state index contributed by atoms with van der Waals surface area (Å²) in [6.07, 6.45) is 2.75. The van der Waals surface area contributed by atoms with Crippen LogP contribution in [0.3, 0.4) is 0 Å². The van der Waals surface area contributed by atoms with Crippen molar-refractivity contribution >= 4 is 7.32 Å². The number of nitrogens with zero attached hydrogens (tertiary/aromatic N) is 1. The molecule has 4 nitrogen and oxygen atoms in total. The van der Waals surface area contributed by atoms with Gasteiger partial charge >= 0.3 is 7.32 Å². The van der Waals surface area contributed by atoms with Crippen LogP contribution in [-0.2, 0) is 6.42 Å². The monoisotopic (exact) mass is 397 g/mol. The Labute approximate surface area is 157 Å². The van der Waals surface area contributed by atoms with Gasteiger partial charge in [0.1, 0.15) is 0 Å². The molecule has 0 aliphatic carbocycles. The average molecular weight is 397 g/mol. The van der Waals surface area contributed by atoms with E-state index in [0.29, 0.717) is 0 Å². The molecule has 0 aliphatic heterocycles.